The van der Waals surface area contributed by atoms with Gasteiger partial charge in [0.2, 0.25) is 5.91 Å². The zero-order valence-corrected chi connectivity index (χ0v) is 15.7. The Balaban J connectivity index is 1.67. The minimum atomic E-state index is -0.00672. The van der Waals surface area contributed by atoms with Gasteiger partial charge in [0, 0.05) is 11.5 Å². The number of aromatic nitrogens is 3. The average Bonchev–Trinajstić information content (AvgIpc) is 3.17. The van der Waals surface area contributed by atoms with Crippen molar-refractivity contribution >= 4 is 21.8 Å². The second-order valence-corrected chi connectivity index (χ2v) is 6.83. The van der Waals surface area contributed by atoms with E-state index >= 15 is 0 Å². The van der Waals surface area contributed by atoms with Gasteiger partial charge in [0.1, 0.15) is 12.7 Å². The van der Waals surface area contributed by atoms with Gasteiger partial charge in [-0.15, -0.1) is 0 Å². The number of amides is 1. The molecule has 0 aliphatic rings. The fourth-order valence-corrected chi connectivity index (χ4v) is 2.85. The number of hydrogen-bond donors (Lipinski definition) is 0. The molecule has 1 heterocycles. The Hall–Kier alpha value is -2.47. The molecule has 0 aliphatic heterocycles. The number of likely N-dealkylation sites (N-methyl/N-ethyl adjacent to an activating group) is 1. The summed E-state index contributed by atoms with van der Waals surface area (Å²) >= 11 is 3.41. The molecule has 1 atom stereocenters. The molecule has 2 aromatic carbocycles. The summed E-state index contributed by atoms with van der Waals surface area (Å²) in [5.41, 5.74) is 3.03. The highest BCUT2D eigenvalue weighted by Crippen LogP contribution is 2.21. The Morgan fingerprint density at radius 2 is 1.84 bits per heavy atom. The van der Waals surface area contributed by atoms with E-state index in [1.54, 1.807) is 15.9 Å². The molecule has 25 heavy (non-hydrogen) atoms. The van der Waals surface area contributed by atoms with Crippen LogP contribution in [-0.4, -0.2) is 32.6 Å². The minimum Gasteiger partial charge on any atom is -0.339 e. The van der Waals surface area contributed by atoms with Crippen LogP contribution in [-0.2, 0) is 11.2 Å². The van der Waals surface area contributed by atoms with Crippen LogP contribution < -0.4 is 0 Å². The second-order valence-electron chi connectivity index (χ2n) is 5.92. The third-order valence-electron chi connectivity index (χ3n) is 4.30. The molecule has 0 saturated heterocycles. The fraction of sp³-hybridized carbons (Fsp3) is 0.211. The van der Waals surface area contributed by atoms with Crippen LogP contribution in [0.2, 0.25) is 0 Å². The average molecular weight is 399 g/mol. The van der Waals surface area contributed by atoms with Crippen molar-refractivity contribution in [2.24, 2.45) is 0 Å². The quantitative estimate of drug-likeness (QED) is 0.656. The molecule has 3 rings (SSSR count). The molecule has 0 spiro atoms. The summed E-state index contributed by atoms with van der Waals surface area (Å²) in [6.07, 6.45) is 3.56. The van der Waals surface area contributed by atoms with Crippen LogP contribution in [0.25, 0.3) is 5.69 Å². The van der Waals surface area contributed by atoms with E-state index in [1.165, 1.54) is 6.33 Å². The van der Waals surface area contributed by atoms with Crippen LogP contribution >= 0.6 is 15.9 Å². The second kappa shape index (κ2) is 7.61. The van der Waals surface area contributed by atoms with E-state index in [4.69, 9.17) is 0 Å². The lowest BCUT2D eigenvalue weighted by atomic mass is 10.1. The zero-order valence-electron chi connectivity index (χ0n) is 14.1. The number of carbonyl (C=O) groups excluding carboxylic acids is 1. The Labute approximate surface area is 155 Å². The molecule has 1 unspecified atom stereocenters. The molecular formula is C19H19BrN4O. The van der Waals surface area contributed by atoms with Gasteiger partial charge in [-0.25, -0.2) is 9.67 Å². The van der Waals surface area contributed by atoms with E-state index in [1.807, 2.05) is 62.5 Å². The van der Waals surface area contributed by atoms with Gasteiger partial charge >= 0.3 is 0 Å². The zero-order chi connectivity index (χ0) is 17.8. The standard InChI is InChI=1S/C19H19BrN4O/c1-14(16-5-9-18(10-6-16)24-13-21-12-22-24)23(2)19(25)11-15-3-7-17(20)8-4-15/h3-10,12-14H,11H2,1-2H3. The van der Waals surface area contributed by atoms with Crippen LogP contribution in [0.4, 0.5) is 0 Å². The molecule has 128 valence electrons. The van der Waals surface area contributed by atoms with Gasteiger partial charge in [-0.3, -0.25) is 4.79 Å². The van der Waals surface area contributed by atoms with Gasteiger partial charge in [0.25, 0.3) is 0 Å². The highest BCUT2D eigenvalue weighted by molar-refractivity contribution is 9.10. The van der Waals surface area contributed by atoms with Crippen LogP contribution in [0.15, 0.2) is 65.7 Å². The van der Waals surface area contributed by atoms with E-state index in [9.17, 15) is 4.79 Å². The smallest absolute Gasteiger partial charge is 0.227 e. The Morgan fingerprint density at radius 3 is 2.44 bits per heavy atom. The minimum absolute atomic E-state index is 0.00672. The number of rotatable bonds is 5. The molecule has 0 fully saturated rings. The summed E-state index contributed by atoms with van der Waals surface area (Å²) in [6, 6.07) is 15.8. The largest absolute Gasteiger partial charge is 0.339 e. The predicted molar refractivity (Wildman–Crippen MR) is 100 cm³/mol. The molecule has 3 aromatic rings. The van der Waals surface area contributed by atoms with Gasteiger partial charge in [0.05, 0.1) is 18.2 Å². The summed E-state index contributed by atoms with van der Waals surface area (Å²) < 4.78 is 2.72. The Kier molecular flexibility index (Phi) is 5.28. The number of benzene rings is 2. The van der Waals surface area contributed by atoms with E-state index < -0.39 is 0 Å². The lowest BCUT2D eigenvalue weighted by Gasteiger charge is -2.25. The summed E-state index contributed by atoms with van der Waals surface area (Å²) in [5.74, 6) is 0.0928. The predicted octanol–water partition coefficient (Wildman–Crippen LogP) is 3.79. The van der Waals surface area contributed by atoms with Crippen LogP contribution in [0.5, 0.6) is 0 Å². The first-order valence-corrected chi connectivity index (χ1v) is 8.79. The molecule has 5 nitrogen and oxygen atoms in total. The Bertz CT molecular complexity index is 829. The first kappa shape index (κ1) is 17.4. The third-order valence-corrected chi connectivity index (χ3v) is 4.83. The van der Waals surface area contributed by atoms with Crippen molar-refractivity contribution in [1.82, 2.24) is 19.7 Å². The number of carbonyl (C=O) groups is 1. The van der Waals surface area contributed by atoms with Crippen molar-refractivity contribution in [3.05, 3.63) is 76.8 Å². The van der Waals surface area contributed by atoms with Crippen molar-refractivity contribution in [3.8, 4) is 5.69 Å². The maximum atomic E-state index is 12.6. The van der Waals surface area contributed by atoms with Crippen LogP contribution in [0.1, 0.15) is 24.1 Å². The summed E-state index contributed by atoms with van der Waals surface area (Å²) in [7, 11) is 1.84. The highest BCUT2D eigenvalue weighted by Gasteiger charge is 2.17. The van der Waals surface area contributed by atoms with Gasteiger partial charge in [-0.1, -0.05) is 40.2 Å². The van der Waals surface area contributed by atoms with Crippen LogP contribution in [0, 0.1) is 0 Å². The number of nitrogens with zero attached hydrogens (tertiary/aromatic N) is 4. The molecule has 0 saturated carbocycles. The SMILES string of the molecule is CC(c1ccc(-n2cncn2)cc1)N(C)C(=O)Cc1ccc(Br)cc1. The number of halogens is 1. The lowest BCUT2D eigenvalue weighted by Crippen LogP contribution is -2.30. The monoisotopic (exact) mass is 398 g/mol. The summed E-state index contributed by atoms with van der Waals surface area (Å²) in [5, 5.41) is 4.12. The lowest BCUT2D eigenvalue weighted by molar-refractivity contribution is -0.131. The highest BCUT2D eigenvalue weighted by atomic mass is 79.9. The van der Waals surface area contributed by atoms with Crippen molar-refractivity contribution < 1.29 is 4.79 Å². The fourth-order valence-electron chi connectivity index (χ4n) is 2.59. The molecule has 0 radical (unpaired) electrons. The van der Waals surface area contributed by atoms with Crippen molar-refractivity contribution in [2.75, 3.05) is 7.05 Å². The first-order chi connectivity index (χ1) is 12.0. The summed E-state index contributed by atoms with van der Waals surface area (Å²) in [6.45, 7) is 2.03. The Morgan fingerprint density at radius 1 is 1.16 bits per heavy atom. The van der Waals surface area contributed by atoms with Crippen molar-refractivity contribution in [2.45, 2.75) is 19.4 Å². The molecule has 0 aliphatic carbocycles. The van der Waals surface area contributed by atoms with Crippen molar-refractivity contribution in [1.29, 1.82) is 0 Å². The van der Waals surface area contributed by atoms with E-state index in [0.29, 0.717) is 6.42 Å². The maximum absolute atomic E-state index is 12.6. The molecule has 0 N–H and O–H groups in total. The normalized spacial score (nSPS) is 12.0. The third kappa shape index (κ3) is 4.14. The van der Waals surface area contributed by atoms with E-state index in [0.717, 1.165) is 21.3 Å². The van der Waals surface area contributed by atoms with Crippen molar-refractivity contribution in [3.63, 3.8) is 0 Å². The van der Waals surface area contributed by atoms with Gasteiger partial charge < -0.3 is 4.90 Å². The molecule has 0 bridgehead atoms. The summed E-state index contributed by atoms with van der Waals surface area (Å²) in [4.78, 5) is 18.3. The maximum Gasteiger partial charge on any atom is 0.227 e. The molecule has 1 aromatic heterocycles. The molecular weight excluding hydrogens is 380 g/mol. The molecule has 1 amide bonds. The molecule has 6 heteroatoms. The topological polar surface area (TPSA) is 51.0 Å². The van der Waals surface area contributed by atoms with Gasteiger partial charge in [-0.2, -0.15) is 5.10 Å². The van der Waals surface area contributed by atoms with E-state index in [-0.39, 0.29) is 11.9 Å². The number of hydrogen-bond acceptors (Lipinski definition) is 3. The van der Waals surface area contributed by atoms with Gasteiger partial charge in [0.15, 0.2) is 0 Å². The van der Waals surface area contributed by atoms with Gasteiger partial charge in [-0.05, 0) is 42.3 Å². The first-order valence-electron chi connectivity index (χ1n) is 7.99. The van der Waals surface area contributed by atoms with Crippen LogP contribution in [0.3, 0.4) is 0 Å². The van der Waals surface area contributed by atoms with E-state index in [2.05, 4.69) is 26.0 Å².